The Morgan fingerprint density at radius 3 is 3.12 bits per heavy atom. The maximum Gasteiger partial charge on any atom is 0.217 e. The van der Waals surface area contributed by atoms with Gasteiger partial charge in [-0.3, -0.25) is 4.90 Å². The van der Waals surface area contributed by atoms with E-state index >= 15 is 0 Å². The highest BCUT2D eigenvalue weighted by molar-refractivity contribution is 9.09. The van der Waals surface area contributed by atoms with Gasteiger partial charge >= 0.3 is 0 Å². The molecule has 0 N–H and O–H groups in total. The molecule has 17 heavy (non-hydrogen) atoms. The number of halogens is 1. The molecule has 4 heteroatoms. The summed E-state index contributed by atoms with van der Waals surface area (Å²) in [5, 5.41) is 1.04. The molecule has 1 aromatic rings. The Morgan fingerprint density at radius 2 is 2.41 bits per heavy atom. The number of hydrogen-bond acceptors (Lipinski definition) is 3. The van der Waals surface area contributed by atoms with E-state index in [2.05, 4.69) is 38.8 Å². The van der Waals surface area contributed by atoms with Crippen molar-refractivity contribution < 1.29 is 4.74 Å². The Balaban J connectivity index is 2.10. The van der Waals surface area contributed by atoms with Crippen molar-refractivity contribution in [2.24, 2.45) is 5.92 Å². The third-order valence-electron chi connectivity index (χ3n) is 3.57. The second kappa shape index (κ2) is 5.83. The molecule has 0 spiro atoms. The number of methoxy groups -OCH3 is 1. The molecule has 2 unspecified atom stereocenters. The monoisotopic (exact) mass is 298 g/mol. The molecular formula is C13H19BrN2O. The van der Waals surface area contributed by atoms with E-state index in [-0.39, 0.29) is 0 Å². The summed E-state index contributed by atoms with van der Waals surface area (Å²) in [6.45, 7) is 4.42. The van der Waals surface area contributed by atoms with E-state index < -0.39 is 0 Å². The minimum absolute atomic E-state index is 0.625. The molecule has 1 aliphatic rings. The molecular weight excluding hydrogens is 280 g/mol. The first-order chi connectivity index (χ1) is 8.26. The van der Waals surface area contributed by atoms with Crippen molar-refractivity contribution in [2.45, 2.75) is 25.9 Å². The molecule has 94 valence electrons. The van der Waals surface area contributed by atoms with Gasteiger partial charge in [-0.15, -0.1) is 0 Å². The SMILES string of the molecule is COc1ncccc1CN1CCC(C)C1CBr. The summed E-state index contributed by atoms with van der Waals surface area (Å²) < 4.78 is 5.30. The van der Waals surface area contributed by atoms with Crippen LogP contribution in [0, 0.1) is 5.92 Å². The van der Waals surface area contributed by atoms with Gasteiger partial charge < -0.3 is 4.74 Å². The van der Waals surface area contributed by atoms with Gasteiger partial charge in [-0.05, 0) is 24.9 Å². The molecule has 0 amide bonds. The van der Waals surface area contributed by atoms with Crippen LogP contribution in [0.3, 0.4) is 0 Å². The van der Waals surface area contributed by atoms with Gasteiger partial charge in [0, 0.05) is 29.7 Å². The molecule has 1 aliphatic heterocycles. The quantitative estimate of drug-likeness (QED) is 0.799. The van der Waals surface area contributed by atoms with E-state index in [9.17, 15) is 0 Å². The summed E-state index contributed by atoms with van der Waals surface area (Å²) in [5.41, 5.74) is 1.18. The number of aromatic nitrogens is 1. The molecule has 0 saturated carbocycles. The summed E-state index contributed by atoms with van der Waals surface area (Å²) in [6, 6.07) is 4.69. The zero-order valence-electron chi connectivity index (χ0n) is 10.4. The van der Waals surface area contributed by atoms with E-state index in [1.165, 1.54) is 12.0 Å². The Kier molecular flexibility index (Phi) is 4.40. The summed E-state index contributed by atoms with van der Waals surface area (Å²) in [6.07, 6.45) is 3.05. The summed E-state index contributed by atoms with van der Waals surface area (Å²) in [5.74, 6) is 1.51. The highest BCUT2D eigenvalue weighted by Gasteiger charge is 2.30. The number of alkyl halides is 1. The predicted molar refractivity (Wildman–Crippen MR) is 72.6 cm³/mol. The first kappa shape index (κ1) is 12.8. The van der Waals surface area contributed by atoms with Crippen LogP contribution in [-0.4, -0.2) is 34.9 Å². The van der Waals surface area contributed by atoms with Crippen LogP contribution in [0.1, 0.15) is 18.9 Å². The van der Waals surface area contributed by atoms with E-state index in [1.807, 2.05) is 6.07 Å². The number of rotatable bonds is 4. The molecule has 2 heterocycles. The molecule has 0 radical (unpaired) electrons. The van der Waals surface area contributed by atoms with Crippen molar-refractivity contribution >= 4 is 15.9 Å². The number of pyridine rings is 1. The summed E-state index contributed by atoms with van der Waals surface area (Å²) in [4.78, 5) is 6.76. The Bertz CT molecular complexity index is 372. The fraction of sp³-hybridized carbons (Fsp3) is 0.615. The number of hydrogen-bond donors (Lipinski definition) is 0. The van der Waals surface area contributed by atoms with E-state index in [0.29, 0.717) is 6.04 Å². The van der Waals surface area contributed by atoms with Gasteiger partial charge in [-0.25, -0.2) is 4.98 Å². The molecule has 0 aliphatic carbocycles. The third-order valence-corrected chi connectivity index (χ3v) is 4.24. The molecule has 2 rings (SSSR count). The van der Waals surface area contributed by atoms with Crippen molar-refractivity contribution in [3.05, 3.63) is 23.9 Å². The van der Waals surface area contributed by atoms with Crippen LogP contribution in [0.4, 0.5) is 0 Å². The highest BCUT2D eigenvalue weighted by Crippen LogP contribution is 2.28. The van der Waals surface area contributed by atoms with E-state index in [1.54, 1.807) is 13.3 Å². The first-order valence-electron chi connectivity index (χ1n) is 6.04. The minimum atomic E-state index is 0.625. The smallest absolute Gasteiger partial charge is 0.217 e. The van der Waals surface area contributed by atoms with Crippen molar-refractivity contribution in [1.29, 1.82) is 0 Å². The fourth-order valence-corrected chi connectivity index (χ4v) is 3.53. The van der Waals surface area contributed by atoms with Crippen LogP contribution in [-0.2, 0) is 6.54 Å². The average molecular weight is 299 g/mol. The first-order valence-corrected chi connectivity index (χ1v) is 7.16. The summed E-state index contributed by atoms with van der Waals surface area (Å²) in [7, 11) is 1.68. The van der Waals surface area contributed by atoms with E-state index in [4.69, 9.17) is 4.74 Å². The normalized spacial score (nSPS) is 25.1. The lowest BCUT2D eigenvalue weighted by molar-refractivity contribution is 0.239. The number of likely N-dealkylation sites (tertiary alicyclic amines) is 1. The van der Waals surface area contributed by atoms with Gasteiger partial charge in [0.2, 0.25) is 5.88 Å². The van der Waals surface area contributed by atoms with Gasteiger partial charge in [0.15, 0.2) is 0 Å². The fourth-order valence-electron chi connectivity index (χ4n) is 2.48. The molecule has 2 atom stereocenters. The van der Waals surface area contributed by atoms with Crippen molar-refractivity contribution in [1.82, 2.24) is 9.88 Å². The largest absolute Gasteiger partial charge is 0.481 e. The van der Waals surface area contributed by atoms with Crippen LogP contribution >= 0.6 is 15.9 Å². The summed E-state index contributed by atoms with van der Waals surface area (Å²) >= 11 is 3.62. The molecule has 1 aromatic heterocycles. The standard InChI is InChI=1S/C13H19BrN2O/c1-10-5-7-16(12(10)8-14)9-11-4-3-6-15-13(11)17-2/h3-4,6,10,12H,5,7-9H2,1-2H3. The molecule has 0 aromatic carbocycles. The van der Waals surface area contributed by atoms with E-state index in [0.717, 1.165) is 30.2 Å². The van der Waals surface area contributed by atoms with Crippen molar-refractivity contribution in [3.8, 4) is 5.88 Å². The van der Waals surface area contributed by atoms with Crippen LogP contribution in [0.25, 0.3) is 0 Å². The lowest BCUT2D eigenvalue weighted by Crippen LogP contribution is -2.33. The minimum Gasteiger partial charge on any atom is -0.481 e. The maximum atomic E-state index is 5.30. The second-order valence-corrected chi connectivity index (χ2v) is 5.28. The van der Waals surface area contributed by atoms with Crippen LogP contribution in [0.15, 0.2) is 18.3 Å². The van der Waals surface area contributed by atoms with Crippen LogP contribution < -0.4 is 4.74 Å². The number of nitrogens with zero attached hydrogens (tertiary/aromatic N) is 2. The second-order valence-electron chi connectivity index (χ2n) is 4.63. The molecule has 1 saturated heterocycles. The third kappa shape index (κ3) is 2.80. The maximum absolute atomic E-state index is 5.30. The van der Waals surface area contributed by atoms with Gasteiger partial charge in [0.25, 0.3) is 0 Å². The van der Waals surface area contributed by atoms with Crippen LogP contribution in [0.2, 0.25) is 0 Å². The highest BCUT2D eigenvalue weighted by atomic mass is 79.9. The predicted octanol–water partition coefficient (Wildman–Crippen LogP) is 2.70. The van der Waals surface area contributed by atoms with Gasteiger partial charge in [-0.1, -0.05) is 28.9 Å². The zero-order chi connectivity index (χ0) is 12.3. The van der Waals surface area contributed by atoms with Crippen molar-refractivity contribution in [3.63, 3.8) is 0 Å². The van der Waals surface area contributed by atoms with Gasteiger partial charge in [0.1, 0.15) is 0 Å². The Labute approximate surface area is 111 Å². The van der Waals surface area contributed by atoms with Gasteiger partial charge in [0.05, 0.1) is 7.11 Å². The average Bonchev–Trinajstić information content (AvgIpc) is 2.70. The topological polar surface area (TPSA) is 25.4 Å². The van der Waals surface area contributed by atoms with Crippen molar-refractivity contribution in [2.75, 3.05) is 19.0 Å². The molecule has 3 nitrogen and oxygen atoms in total. The number of ether oxygens (including phenoxy) is 1. The van der Waals surface area contributed by atoms with Crippen LogP contribution in [0.5, 0.6) is 5.88 Å². The molecule has 0 bridgehead atoms. The molecule has 1 fully saturated rings. The lowest BCUT2D eigenvalue weighted by Gasteiger charge is -2.25. The lowest BCUT2D eigenvalue weighted by atomic mass is 10.1. The zero-order valence-corrected chi connectivity index (χ0v) is 12.0. The van der Waals surface area contributed by atoms with Gasteiger partial charge in [-0.2, -0.15) is 0 Å². The Morgan fingerprint density at radius 1 is 1.59 bits per heavy atom. The Hall–Kier alpha value is -0.610.